The van der Waals surface area contributed by atoms with Crippen molar-refractivity contribution in [3.05, 3.63) is 12.4 Å². The summed E-state index contributed by atoms with van der Waals surface area (Å²) in [5.41, 5.74) is 0. The minimum absolute atomic E-state index is 0.608. The van der Waals surface area contributed by atoms with Gasteiger partial charge in [-0.1, -0.05) is 33.6 Å². The molecule has 96 valence electrons. The molecule has 1 rings (SSSR count). The van der Waals surface area contributed by atoms with E-state index in [1.165, 1.54) is 0 Å². The minimum atomic E-state index is 0.608. The molecule has 0 aliphatic carbocycles. The normalized spacial score (nSPS) is 10.6. The number of ether oxygens (including phenoxy) is 1. The van der Waals surface area contributed by atoms with Crippen molar-refractivity contribution in [3.8, 4) is 5.88 Å². The second-order valence-corrected chi connectivity index (χ2v) is 4.16. The Hall–Kier alpha value is -1.32. The molecule has 1 aromatic heterocycles. The first-order valence-electron chi connectivity index (χ1n) is 6.48. The summed E-state index contributed by atoms with van der Waals surface area (Å²) >= 11 is 0. The van der Waals surface area contributed by atoms with Crippen LogP contribution in [0.2, 0.25) is 0 Å². The first-order chi connectivity index (χ1) is 8.30. The Balaban J connectivity index is 2.47. The van der Waals surface area contributed by atoms with Crippen LogP contribution in [0.5, 0.6) is 5.88 Å². The molecule has 0 radical (unpaired) electrons. The van der Waals surface area contributed by atoms with E-state index in [0.717, 1.165) is 38.2 Å². The van der Waals surface area contributed by atoms with Crippen LogP contribution in [0.4, 0.5) is 5.82 Å². The quantitative estimate of drug-likeness (QED) is 0.754. The van der Waals surface area contributed by atoms with Crippen molar-refractivity contribution < 1.29 is 4.74 Å². The maximum absolute atomic E-state index is 5.68. The Morgan fingerprint density at radius 1 is 1.24 bits per heavy atom. The van der Waals surface area contributed by atoms with Crippen molar-refractivity contribution in [1.29, 1.82) is 0 Å². The fourth-order valence-electron chi connectivity index (χ4n) is 1.50. The molecule has 0 fully saturated rings. The topological polar surface area (TPSA) is 47.0 Å². The molecule has 1 heterocycles. The van der Waals surface area contributed by atoms with Gasteiger partial charge in [0.25, 0.3) is 0 Å². The number of nitrogens with zero attached hydrogens (tertiary/aromatic N) is 2. The number of aromatic nitrogens is 2. The van der Waals surface area contributed by atoms with Gasteiger partial charge in [0.1, 0.15) is 12.1 Å². The number of hydrogen-bond donors (Lipinski definition) is 1. The molecule has 0 amide bonds. The van der Waals surface area contributed by atoms with Gasteiger partial charge in [-0.15, -0.1) is 0 Å². The third-order valence-corrected chi connectivity index (χ3v) is 2.82. The lowest BCUT2D eigenvalue weighted by Gasteiger charge is -2.13. The molecule has 17 heavy (non-hydrogen) atoms. The monoisotopic (exact) mass is 237 g/mol. The standard InChI is InChI=1S/C13H23N3O/c1-4-7-14-12-8-13(16-10-15-12)17-9-11(5-2)6-3/h8,10-11H,4-7,9H2,1-3H3,(H,14,15,16). The van der Waals surface area contributed by atoms with Gasteiger partial charge in [0.2, 0.25) is 5.88 Å². The molecule has 0 aliphatic rings. The van der Waals surface area contributed by atoms with Crippen LogP contribution in [-0.2, 0) is 0 Å². The molecule has 0 aliphatic heterocycles. The van der Waals surface area contributed by atoms with Crippen molar-refractivity contribution in [2.24, 2.45) is 5.92 Å². The predicted octanol–water partition coefficient (Wildman–Crippen LogP) is 3.11. The molecule has 0 spiro atoms. The molecule has 0 saturated carbocycles. The highest BCUT2D eigenvalue weighted by Crippen LogP contribution is 2.14. The van der Waals surface area contributed by atoms with Crippen molar-refractivity contribution in [1.82, 2.24) is 9.97 Å². The van der Waals surface area contributed by atoms with Gasteiger partial charge in [-0.3, -0.25) is 0 Å². The highest BCUT2D eigenvalue weighted by atomic mass is 16.5. The second kappa shape index (κ2) is 7.87. The van der Waals surface area contributed by atoms with Crippen molar-refractivity contribution in [2.75, 3.05) is 18.5 Å². The zero-order valence-electron chi connectivity index (χ0n) is 11.1. The lowest BCUT2D eigenvalue weighted by molar-refractivity contribution is 0.232. The van der Waals surface area contributed by atoms with E-state index in [4.69, 9.17) is 4.74 Å². The van der Waals surface area contributed by atoms with E-state index in [1.54, 1.807) is 6.33 Å². The van der Waals surface area contributed by atoms with Gasteiger partial charge in [0, 0.05) is 12.6 Å². The van der Waals surface area contributed by atoms with E-state index >= 15 is 0 Å². The van der Waals surface area contributed by atoms with Crippen LogP contribution in [0.3, 0.4) is 0 Å². The van der Waals surface area contributed by atoms with E-state index in [1.807, 2.05) is 6.07 Å². The maximum Gasteiger partial charge on any atom is 0.218 e. The summed E-state index contributed by atoms with van der Waals surface area (Å²) in [6.45, 7) is 8.15. The smallest absolute Gasteiger partial charge is 0.218 e. The summed E-state index contributed by atoms with van der Waals surface area (Å²) in [7, 11) is 0. The summed E-state index contributed by atoms with van der Waals surface area (Å²) in [5.74, 6) is 2.10. The Morgan fingerprint density at radius 2 is 2.00 bits per heavy atom. The first-order valence-corrected chi connectivity index (χ1v) is 6.48. The summed E-state index contributed by atoms with van der Waals surface area (Å²) in [6.07, 6.45) is 4.90. The Labute approximate surface area is 104 Å². The SMILES string of the molecule is CCCNc1cc(OCC(CC)CC)ncn1. The Kier molecular flexibility index (Phi) is 6.37. The molecule has 0 atom stereocenters. The van der Waals surface area contributed by atoms with Gasteiger partial charge in [-0.25, -0.2) is 9.97 Å². The molecule has 0 aromatic carbocycles. The van der Waals surface area contributed by atoms with Crippen LogP contribution >= 0.6 is 0 Å². The third-order valence-electron chi connectivity index (χ3n) is 2.82. The molecule has 4 nitrogen and oxygen atoms in total. The number of hydrogen-bond acceptors (Lipinski definition) is 4. The van der Waals surface area contributed by atoms with Crippen LogP contribution in [0.15, 0.2) is 12.4 Å². The highest BCUT2D eigenvalue weighted by molar-refractivity contribution is 5.36. The Morgan fingerprint density at radius 3 is 2.65 bits per heavy atom. The van der Waals surface area contributed by atoms with E-state index in [2.05, 4.69) is 36.1 Å². The van der Waals surface area contributed by atoms with Gasteiger partial charge in [0.15, 0.2) is 0 Å². The zero-order valence-corrected chi connectivity index (χ0v) is 11.1. The fraction of sp³-hybridized carbons (Fsp3) is 0.692. The van der Waals surface area contributed by atoms with Gasteiger partial charge < -0.3 is 10.1 Å². The number of anilines is 1. The van der Waals surface area contributed by atoms with Gasteiger partial charge in [-0.05, 0) is 12.3 Å². The molecule has 0 saturated heterocycles. The molecule has 4 heteroatoms. The summed E-state index contributed by atoms with van der Waals surface area (Å²) < 4.78 is 5.68. The van der Waals surface area contributed by atoms with Crippen molar-refractivity contribution in [2.45, 2.75) is 40.0 Å². The van der Waals surface area contributed by atoms with Crippen LogP contribution in [0.25, 0.3) is 0 Å². The number of rotatable bonds is 8. The summed E-state index contributed by atoms with van der Waals surface area (Å²) in [4.78, 5) is 8.26. The average molecular weight is 237 g/mol. The van der Waals surface area contributed by atoms with E-state index in [-0.39, 0.29) is 0 Å². The maximum atomic E-state index is 5.68. The van der Waals surface area contributed by atoms with Crippen molar-refractivity contribution in [3.63, 3.8) is 0 Å². The lowest BCUT2D eigenvalue weighted by Crippen LogP contribution is -2.11. The molecule has 1 aromatic rings. The van der Waals surface area contributed by atoms with E-state index < -0.39 is 0 Å². The van der Waals surface area contributed by atoms with Crippen LogP contribution in [-0.4, -0.2) is 23.1 Å². The van der Waals surface area contributed by atoms with Gasteiger partial charge in [0.05, 0.1) is 6.61 Å². The summed E-state index contributed by atoms with van der Waals surface area (Å²) in [6, 6.07) is 1.86. The molecule has 0 unspecified atom stereocenters. The molecule has 1 N–H and O–H groups in total. The highest BCUT2D eigenvalue weighted by Gasteiger charge is 2.05. The Bertz CT molecular complexity index is 313. The lowest BCUT2D eigenvalue weighted by atomic mass is 10.1. The van der Waals surface area contributed by atoms with Gasteiger partial charge >= 0.3 is 0 Å². The second-order valence-electron chi connectivity index (χ2n) is 4.16. The average Bonchev–Trinajstić information content (AvgIpc) is 2.38. The van der Waals surface area contributed by atoms with Crippen LogP contribution in [0, 0.1) is 5.92 Å². The van der Waals surface area contributed by atoms with Crippen LogP contribution in [0.1, 0.15) is 40.0 Å². The number of nitrogens with one attached hydrogen (secondary N) is 1. The van der Waals surface area contributed by atoms with Crippen LogP contribution < -0.4 is 10.1 Å². The summed E-state index contributed by atoms with van der Waals surface area (Å²) in [5, 5.41) is 3.22. The zero-order chi connectivity index (χ0) is 12.5. The molecular weight excluding hydrogens is 214 g/mol. The van der Waals surface area contributed by atoms with Crippen molar-refractivity contribution >= 4 is 5.82 Å². The molecular formula is C13H23N3O. The van der Waals surface area contributed by atoms with E-state index in [0.29, 0.717) is 11.8 Å². The fourth-order valence-corrected chi connectivity index (χ4v) is 1.50. The van der Waals surface area contributed by atoms with E-state index in [9.17, 15) is 0 Å². The largest absolute Gasteiger partial charge is 0.477 e. The predicted molar refractivity (Wildman–Crippen MR) is 70.4 cm³/mol. The van der Waals surface area contributed by atoms with Gasteiger partial charge in [-0.2, -0.15) is 0 Å². The first kappa shape index (κ1) is 13.7. The third kappa shape index (κ3) is 5.02. The molecule has 0 bridgehead atoms. The minimum Gasteiger partial charge on any atom is -0.477 e.